The van der Waals surface area contributed by atoms with Crippen LogP contribution < -0.4 is 10.1 Å². The van der Waals surface area contributed by atoms with E-state index in [2.05, 4.69) is 5.32 Å². The highest BCUT2D eigenvalue weighted by Gasteiger charge is 2.26. The fourth-order valence-corrected chi connectivity index (χ4v) is 2.92. The van der Waals surface area contributed by atoms with Crippen molar-refractivity contribution in [2.45, 2.75) is 39.8 Å². The second kappa shape index (κ2) is 10.7. The van der Waals surface area contributed by atoms with E-state index >= 15 is 0 Å². The molecule has 6 heteroatoms. The summed E-state index contributed by atoms with van der Waals surface area (Å²) in [5, 5.41) is 3.30. The van der Waals surface area contributed by atoms with E-state index in [1.54, 1.807) is 36.1 Å². The molecule has 150 valence electrons. The van der Waals surface area contributed by atoms with Crippen molar-refractivity contribution in [1.82, 2.24) is 10.2 Å². The van der Waals surface area contributed by atoms with Crippen molar-refractivity contribution in [1.29, 1.82) is 0 Å². The molecule has 2 aromatic rings. The average molecular weight is 403 g/mol. The first-order chi connectivity index (χ1) is 13.4. The number of carbonyl (C=O) groups excluding carboxylic acids is 2. The first-order valence-corrected chi connectivity index (χ1v) is 9.80. The van der Waals surface area contributed by atoms with Gasteiger partial charge in [-0.25, -0.2) is 0 Å². The molecule has 1 atom stereocenters. The Kier molecular flexibility index (Phi) is 8.33. The van der Waals surface area contributed by atoms with E-state index in [4.69, 9.17) is 16.3 Å². The Morgan fingerprint density at radius 2 is 1.82 bits per heavy atom. The van der Waals surface area contributed by atoms with Gasteiger partial charge in [-0.1, -0.05) is 54.9 Å². The van der Waals surface area contributed by atoms with Crippen LogP contribution in [0.4, 0.5) is 0 Å². The number of ether oxygens (including phenoxy) is 1. The van der Waals surface area contributed by atoms with Crippen LogP contribution in [-0.2, 0) is 16.1 Å². The summed E-state index contributed by atoms with van der Waals surface area (Å²) in [6.45, 7) is 6.42. The van der Waals surface area contributed by atoms with Gasteiger partial charge in [0.05, 0.1) is 5.02 Å². The Morgan fingerprint density at radius 1 is 1.14 bits per heavy atom. The number of hydrogen-bond acceptors (Lipinski definition) is 3. The zero-order valence-electron chi connectivity index (χ0n) is 16.6. The predicted molar refractivity (Wildman–Crippen MR) is 111 cm³/mol. The van der Waals surface area contributed by atoms with Gasteiger partial charge >= 0.3 is 0 Å². The molecule has 2 rings (SSSR count). The molecule has 0 radical (unpaired) electrons. The normalized spacial score (nSPS) is 11.6. The molecule has 5 nitrogen and oxygen atoms in total. The topological polar surface area (TPSA) is 58.6 Å². The van der Waals surface area contributed by atoms with Crippen LogP contribution in [-0.4, -0.2) is 35.9 Å². The second-order valence-corrected chi connectivity index (χ2v) is 7.04. The fourth-order valence-electron chi connectivity index (χ4n) is 2.73. The SMILES string of the molecule is CCCNC(=O)[C@H](C)N(Cc1ccccc1C)C(=O)COc1ccccc1Cl. The molecular formula is C22H27ClN2O3. The monoisotopic (exact) mass is 402 g/mol. The smallest absolute Gasteiger partial charge is 0.261 e. The number of amides is 2. The Hall–Kier alpha value is -2.53. The van der Waals surface area contributed by atoms with Crippen molar-refractivity contribution < 1.29 is 14.3 Å². The summed E-state index contributed by atoms with van der Waals surface area (Å²) in [5.41, 5.74) is 2.05. The van der Waals surface area contributed by atoms with Gasteiger partial charge in [0.15, 0.2) is 6.61 Å². The van der Waals surface area contributed by atoms with E-state index in [1.165, 1.54) is 0 Å². The summed E-state index contributed by atoms with van der Waals surface area (Å²) in [5.74, 6) is -0.0136. The number of halogens is 1. The summed E-state index contributed by atoms with van der Waals surface area (Å²) in [6.07, 6.45) is 0.833. The molecule has 0 aliphatic heterocycles. The summed E-state index contributed by atoms with van der Waals surface area (Å²) in [7, 11) is 0. The van der Waals surface area contributed by atoms with E-state index in [9.17, 15) is 9.59 Å². The number of carbonyl (C=O) groups is 2. The van der Waals surface area contributed by atoms with Gasteiger partial charge < -0.3 is 15.0 Å². The Bertz CT molecular complexity index is 810. The van der Waals surface area contributed by atoms with Crippen molar-refractivity contribution in [3.8, 4) is 5.75 Å². The molecule has 0 spiro atoms. The van der Waals surface area contributed by atoms with Gasteiger partial charge in [0.2, 0.25) is 5.91 Å². The van der Waals surface area contributed by atoms with Crippen molar-refractivity contribution in [2.24, 2.45) is 0 Å². The minimum absolute atomic E-state index is 0.179. The van der Waals surface area contributed by atoms with E-state index in [0.717, 1.165) is 17.5 Å². The van der Waals surface area contributed by atoms with Crippen molar-refractivity contribution in [2.75, 3.05) is 13.2 Å². The number of nitrogens with zero attached hydrogens (tertiary/aromatic N) is 1. The van der Waals surface area contributed by atoms with Crippen LogP contribution in [0.15, 0.2) is 48.5 Å². The standard InChI is InChI=1S/C22H27ClN2O3/c1-4-13-24-22(27)17(3)25(14-18-10-6-5-9-16(18)2)21(26)15-28-20-12-8-7-11-19(20)23/h5-12,17H,4,13-15H2,1-3H3,(H,24,27)/t17-/m0/s1. The lowest BCUT2D eigenvalue weighted by molar-refractivity contribution is -0.142. The maximum absolute atomic E-state index is 12.9. The molecule has 0 aliphatic rings. The largest absolute Gasteiger partial charge is 0.482 e. The average Bonchev–Trinajstić information content (AvgIpc) is 2.70. The summed E-state index contributed by atoms with van der Waals surface area (Å²) in [4.78, 5) is 27.0. The maximum atomic E-state index is 12.9. The lowest BCUT2D eigenvalue weighted by atomic mass is 10.1. The molecule has 0 saturated carbocycles. The van der Waals surface area contributed by atoms with Gasteiger partial charge in [0.1, 0.15) is 11.8 Å². The summed E-state index contributed by atoms with van der Waals surface area (Å²) >= 11 is 6.09. The van der Waals surface area contributed by atoms with E-state index in [1.807, 2.05) is 38.1 Å². The Morgan fingerprint density at radius 3 is 2.50 bits per heavy atom. The van der Waals surface area contributed by atoms with Crippen LogP contribution in [0.1, 0.15) is 31.4 Å². The molecule has 2 amide bonds. The minimum Gasteiger partial charge on any atom is -0.482 e. The van der Waals surface area contributed by atoms with Crippen LogP contribution in [0.5, 0.6) is 5.75 Å². The fraction of sp³-hybridized carbons (Fsp3) is 0.364. The Balaban J connectivity index is 2.16. The van der Waals surface area contributed by atoms with Crippen molar-refractivity contribution in [3.05, 3.63) is 64.7 Å². The van der Waals surface area contributed by atoms with E-state index in [0.29, 0.717) is 23.9 Å². The number of para-hydroxylation sites is 1. The number of rotatable bonds is 9. The molecule has 28 heavy (non-hydrogen) atoms. The third-order valence-corrected chi connectivity index (χ3v) is 4.82. The lowest BCUT2D eigenvalue weighted by Crippen LogP contribution is -2.49. The van der Waals surface area contributed by atoms with Crippen LogP contribution >= 0.6 is 11.6 Å². The highest BCUT2D eigenvalue weighted by molar-refractivity contribution is 6.32. The lowest BCUT2D eigenvalue weighted by Gasteiger charge is -2.29. The van der Waals surface area contributed by atoms with Gasteiger partial charge in [0, 0.05) is 13.1 Å². The van der Waals surface area contributed by atoms with Gasteiger partial charge in [0.25, 0.3) is 5.91 Å². The minimum atomic E-state index is -0.617. The van der Waals surface area contributed by atoms with Crippen LogP contribution in [0.2, 0.25) is 5.02 Å². The molecule has 0 fully saturated rings. The zero-order valence-corrected chi connectivity index (χ0v) is 17.3. The molecule has 0 aromatic heterocycles. The highest BCUT2D eigenvalue weighted by atomic mass is 35.5. The molecule has 2 aromatic carbocycles. The number of hydrogen-bond donors (Lipinski definition) is 1. The maximum Gasteiger partial charge on any atom is 0.261 e. The van der Waals surface area contributed by atoms with Gasteiger partial charge in [-0.15, -0.1) is 0 Å². The molecule has 0 heterocycles. The molecule has 0 aliphatic carbocycles. The quantitative estimate of drug-likeness (QED) is 0.690. The third kappa shape index (κ3) is 5.99. The van der Waals surface area contributed by atoms with Gasteiger partial charge in [-0.2, -0.15) is 0 Å². The van der Waals surface area contributed by atoms with E-state index < -0.39 is 6.04 Å². The molecule has 1 N–H and O–H groups in total. The highest BCUT2D eigenvalue weighted by Crippen LogP contribution is 2.23. The van der Waals surface area contributed by atoms with Crippen LogP contribution in [0.25, 0.3) is 0 Å². The summed E-state index contributed by atoms with van der Waals surface area (Å²) < 4.78 is 5.60. The second-order valence-electron chi connectivity index (χ2n) is 6.63. The van der Waals surface area contributed by atoms with Crippen LogP contribution in [0.3, 0.4) is 0 Å². The molecule has 0 saturated heterocycles. The molecular weight excluding hydrogens is 376 g/mol. The van der Waals surface area contributed by atoms with E-state index in [-0.39, 0.29) is 18.4 Å². The van der Waals surface area contributed by atoms with Gasteiger partial charge in [-0.05, 0) is 43.5 Å². The first kappa shape index (κ1) is 21.8. The van der Waals surface area contributed by atoms with Crippen LogP contribution in [0, 0.1) is 6.92 Å². The number of aryl methyl sites for hydroxylation is 1. The molecule has 0 bridgehead atoms. The van der Waals surface area contributed by atoms with Crippen molar-refractivity contribution >= 4 is 23.4 Å². The number of nitrogens with one attached hydrogen (secondary N) is 1. The Labute approximate surface area is 171 Å². The first-order valence-electron chi connectivity index (χ1n) is 9.43. The number of benzene rings is 2. The summed E-state index contributed by atoms with van der Waals surface area (Å²) in [6, 6.07) is 14.2. The third-order valence-electron chi connectivity index (χ3n) is 4.51. The van der Waals surface area contributed by atoms with Gasteiger partial charge in [-0.3, -0.25) is 9.59 Å². The predicted octanol–water partition coefficient (Wildman–Crippen LogP) is 3.97. The van der Waals surface area contributed by atoms with Crippen molar-refractivity contribution in [3.63, 3.8) is 0 Å². The molecule has 0 unspecified atom stereocenters. The zero-order chi connectivity index (χ0) is 20.5.